The highest BCUT2D eigenvalue weighted by atomic mass is 32.1. The van der Waals surface area contributed by atoms with Gasteiger partial charge in [-0.05, 0) is 43.2 Å². The third-order valence-electron chi connectivity index (χ3n) is 4.53. The van der Waals surface area contributed by atoms with Crippen LogP contribution < -0.4 is 10.6 Å². The van der Waals surface area contributed by atoms with E-state index in [1.807, 2.05) is 18.4 Å². The number of hydrogen-bond acceptors (Lipinski definition) is 5. The molecule has 6 nitrogen and oxygen atoms in total. The molecule has 0 spiro atoms. The number of nitrogens with one attached hydrogen (secondary N) is 2. The minimum absolute atomic E-state index is 0.654. The molecule has 0 amide bonds. The summed E-state index contributed by atoms with van der Waals surface area (Å²) in [5.74, 6) is 1.57. The molecule has 7 heteroatoms. The summed E-state index contributed by atoms with van der Waals surface area (Å²) >= 11 is 1.85. The van der Waals surface area contributed by atoms with Crippen molar-refractivity contribution in [3.8, 4) is 0 Å². The van der Waals surface area contributed by atoms with Crippen LogP contribution in [-0.4, -0.2) is 71.0 Å². The van der Waals surface area contributed by atoms with E-state index in [9.17, 15) is 0 Å². The molecule has 2 rings (SSSR count). The molecule has 26 heavy (non-hydrogen) atoms. The van der Waals surface area contributed by atoms with Crippen molar-refractivity contribution < 1.29 is 9.47 Å². The van der Waals surface area contributed by atoms with Crippen molar-refractivity contribution in [2.75, 3.05) is 60.2 Å². The SMILES string of the molecule is CN=C(NCCCOCCOC)NCC1CCCN(Cc2cccs2)C1. The van der Waals surface area contributed by atoms with Gasteiger partial charge in [-0.3, -0.25) is 9.89 Å². The minimum Gasteiger partial charge on any atom is -0.382 e. The van der Waals surface area contributed by atoms with E-state index in [2.05, 4.69) is 38.0 Å². The highest BCUT2D eigenvalue weighted by molar-refractivity contribution is 7.09. The number of aliphatic imine (C=N–C) groups is 1. The number of piperidine rings is 1. The quantitative estimate of drug-likeness (QED) is 0.349. The summed E-state index contributed by atoms with van der Waals surface area (Å²) < 4.78 is 10.4. The normalized spacial score (nSPS) is 18.8. The van der Waals surface area contributed by atoms with E-state index < -0.39 is 0 Å². The van der Waals surface area contributed by atoms with Gasteiger partial charge in [-0.2, -0.15) is 0 Å². The maximum absolute atomic E-state index is 5.47. The van der Waals surface area contributed by atoms with Gasteiger partial charge in [-0.15, -0.1) is 11.3 Å². The van der Waals surface area contributed by atoms with Gasteiger partial charge in [0.15, 0.2) is 5.96 Å². The van der Waals surface area contributed by atoms with Crippen LogP contribution in [0.15, 0.2) is 22.5 Å². The lowest BCUT2D eigenvalue weighted by molar-refractivity contribution is 0.0698. The summed E-state index contributed by atoms with van der Waals surface area (Å²) in [5.41, 5.74) is 0. The van der Waals surface area contributed by atoms with Crippen molar-refractivity contribution in [3.05, 3.63) is 22.4 Å². The smallest absolute Gasteiger partial charge is 0.190 e. The monoisotopic (exact) mass is 382 g/mol. The average Bonchev–Trinajstić information content (AvgIpc) is 3.17. The predicted molar refractivity (Wildman–Crippen MR) is 109 cm³/mol. The van der Waals surface area contributed by atoms with Crippen LogP contribution in [0.5, 0.6) is 0 Å². The Morgan fingerprint density at radius 2 is 2.27 bits per heavy atom. The van der Waals surface area contributed by atoms with E-state index in [4.69, 9.17) is 9.47 Å². The standard InChI is InChI=1S/C19H34N4O2S/c1-20-19(21-8-5-10-25-12-11-24-2)22-14-17-6-3-9-23(15-17)16-18-7-4-13-26-18/h4,7,13,17H,3,5-6,8-12,14-16H2,1-2H3,(H2,20,21,22). The van der Waals surface area contributed by atoms with Crippen molar-refractivity contribution in [2.45, 2.75) is 25.8 Å². The molecule has 1 atom stereocenters. The van der Waals surface area contributed by atoms with Gasteiger partial charge in [-0.1, -0.05) is 6.07 Å². The summed E-state index contributed by atoms with van der Waals surface area (Å²) in [6, 6.07) is 4.37. The molecule has 0 bridgehead atoms. The van der Waals surface area contributed by atoms with Crippen LogP contribution in [0.1, 0.15) is 24.1 Å². The Labute approximate surface area is 162 Å². The molecule has 1 aromatic rings. The van der Waals surface area contributed by atoms with E-state index in [0.717, 1.165) is 45.2 Å². The number of guanidine groups is 1. The highest BCUT2D eigenvalue weighted by Gasteiger charge is 2.20. The van der Waals surface area contributed by atoms with E-state index in [-0.39, 0.29) is 0 Å². The fraction of sp³-hybridized carbons (Fsp3) is 0.737. The maximum Gasteiger partial charge on any atom is 0.190 e. The minimum atomic E-state index is 0.654. The van der Waals surface area contributed by atoms with E-state index >= 15 is 0 Å². The molecule has 1 aliphatic heterocycles. The number of hydrogen-bond donors (Lipinski definition) is 2. The Kier molecular flexibility index (Phi) is 10.6. The van der Waals surface area contributed by atoms with Crippen LogP contribution in [0, 0.1) is 5.92 Å². The van der Waals surface area contributed by atoms with Crippen LogP contribution in [0.3, 0.4) is 0 Å². The molecular formula is C19H34N4O2S. The molecule has 1 aromatic heterocycles. The third kappa shape index (κ3) is 8.49. The molecule has 0 aromatic carbocycles. The first-order valence-corrected chi connectivity index (χ1v) is 10.5. The summed E-state index contributed by atoms with van der Waals surface area (Å²) in [6.45, 7) is 7.36. The number of thiophene rings is 1. The Morgan fingerprint density at radius 3 is 3.04 bits per heavy atom. The molecule has 2 N–H and O–H groups in total. The van der Waals surface area contributed by atoms with Crippen LogP contribution >= 0.6 is 11.3 Å². The fourth-order valence-electron chi connectivity index (χ4n) is 3.17. The van der Waals surface area contributed by atoms with Crippen molar-refractivity contribution in [1.29, 1.82) is 0 Å². The molecule has 148 valence electrons. The van der Waals surface area contributed by atoms with E-state index in [0.29, 0.717) is 19.1 Å². The van der Waals surface area contributed by atoms with Crippen LogP contribution in [0.25, 0.3) is 0 Å². The second kappa shape index (κ2) is 13.1. The molecule has 0 radical (unpaired) electrons. The first kappa shape index (κ1) is 21.2. The maximum atomic E-state index is 5.47. The molecular weight excluding hydrogens is 348 g/mol. The summed E-state index contributed by atoms with van der Waals surface area (Å²) in [5, 5.41) is 9.01. The number of likely N-dealkylation sites (tertiary alicyclic amines) is 1. The summed E-state index contributed by atoms with van der Waals surface area (Å²) in [6.07, 6.45) is 3.53. The molecule has 1 saturated heterocycles. The predicted octanol–water partition coefficient (Wildman–Crippen LogP) is 2.18. The third-order valence-corrected chi connectivity index (χ3v) is 5.40. The zero-order valence-electron chi connectivity index (χ0n) is 16.2. The largest absolute Gasteiger partial charge is 0.382 e. The van der Waals surface area contributed by atoms with Crippen LogP contribution in [-0.2, 0) is 16.0 Å². The van der Waals surface area contributed by atoms with Crippen molar-refractivity contribution in [2.24, 2.45) is 10.9 Å². The number of methoxy groups -OCH3 is 1. The van der Waals surface area contributed by atoms with Crippen molar-refractivity contribution >= 4 is 17.3 Å². The lowest BCUT2D eigenvalue weighted by Gasteiger charge is -2.32. The highest BCUT2D eigenvalue weighted by Crippen LogP contribution is 2.19. The van der Waals surface area contributed by atoms with Gasteiger partial charge in [-0.25, -0.2) is 0 Å². The Hall–Kier alpha value is -1.15. The summed E-state index contributed by atoms with van der Waals surface area (Å²) in [7, 11) is 3.52. The number of rotatable bonds is 11. The van der Waals surface area contributed by atoms with Gasteiger partial charge < -0.3 is 20.1 Å². The van der Waals surface area contributed by atoms with Gasteiger partial charge in [0, 0.05) is 51.8 Å². The molecule has 1 unspecified atom stereocenters. The van der Waals surface area contributed by atoms with E-state index in [1.165, 1.54) is 24.3 Å². The Morgan fingerprint density at radius 1 is 1.35 bits per heavy atom. The second-order valence-corrected chi connectivity index (χ2v) is 7.69. The number of ether oxygens (including phenoxy) is 2. The molecule has 0 saturated carbocycles. The van der Waals surface area contributed by atoms with Gasteiger partial charge >= 0.3 is 0 Å². The first-order valence-electron chi connectivity index (χ1n) is 9.57. The Bertz CT molecular complexity index is 496. The van der Waals surface area contributed by atoms with Gasteiger partial charge in [0.1, 0.15) is 0 Å². The first-order chi connectivity index (χ1) is 12.8. The molecule has 1 fully saturated rings. The molecule has 0 aliphatic carbocycles. The fourth-order valence-corrected chi connectivity index (χ4v) is 3.92. The van der Waals surface area contributed by atoms with Gasteiger partial charge in [0.05, 0.1) is 13.2 Å². The van der Waals surface area contributed by atoms with Crippen molar-refractivity contribution in [1.82, 2.24) is 15.5 Å². The van der Waals surface area contributed by atoms with Gasteiger partial charge in [0.25, 0.3) is 0 Å². The topological polar surface area (TPSA) is 58.1 Å². The van der Waals surface area contributed by atoms with Crippen molar-refractivity contribution in [3.63, 3.8) is 0 Å². The number of nitrogens with zero attached hydrogens (tertiary/aromatic N) is 2. The average molecular weight is 383 g/mol. The lowest BCUT2D eigenvalue weighted by Crippen LogP contribution is -2.44. The summed E-state index contributed by atoms with van der Waals surface area (Å²) in [4.78, 5) is 8.36. The van der Waals surface area contributed by atoms with E-state index in [1.54, 1.807) is 7.11 Å². The zero-order valence-corrected chi connectivity index (χ0v) is 17.0. The van der Waals surface area contributed by atoms with Crippen LogP contribution in [0.4, 0.5) is 0 Å². The molecule has 2 heterocycles. The van der Waals surface area contributed by atoms with Crippen LogP contribution in [0.2, 0.25) is 0 Å². The Balaban J connectivity index is 1.58. The molecule has 1 aliphatic rings. The lowest BCUT2D eigenvalue weighted by atomic mass is 9.98. The van der Waals surface area contributed by atoms with Gasteiger partial charge in [0.2, 0.25) is 0 Å². The second-order valence-electron chi connectivity index (χ2n) is 6.66. The zero-order chi connectivity index (χ0) is 18.5.